The van der Waals surface area contributed by atoms with Crippen LogP contribution in [0, 0.1) is 0 Å². The van der Waals surface area contributed by atoms with Gasteiger partial charge in [0.15, 0.2) is 0 Å². The van der Waals surface area contributed by atoms with Gasteiger partial charge in [0, 0.05) is 37.2 Å². The predicted molar refractivity (Wildman–Crippen MR) is 75.2 cm³/mol. The SMILES string of the molecule is O=C1CCC(CCC(=O)N2[C@@H]3CCNC[C@H]2CC3)=NN1. The molecule has 2 bridgehead atoms. The van der Waals surface area contributed by atoms with Crippen LogP contribution < -0.4 is 10.7 Å². The van der Waals surface area contributed by atoms with Gasteiger partial charge in [0.05, 0.1) is 0 Å². The van der Waals surface area contributed by atoms with E-state index in [1.54, 1.807) is 0 Å². The molecule has 2 saturated heterocycles. The van der Waals surface area contributed by atoms with Crippen molar-refractivity contribution in [3.63, 3.8) is 0 Å². The number of nitrogens with one attached hydrogen (secondary N) is 2. The van der Waals surface area contributed by atoms with Crippen molar-refractivity contribution in [2.24, 2.45) is 5.10 Å². The van der Waals surface area contributed by atoms with E-state index in [1.165, 1.54) is 0 Å². The zero-order valence-corrected chi connectivity index (χ0v) is 11.7. The summed E-state index contributed by atoms with van der Waals surface area (Å²) < 4.78 is 0. The Morgan fingerprint density at radius 2 is 2.10 bits per heavy atom. The first-order valence-electron chi connectivity index (χ1n) is 7.60. The average molecular weight is 278 g/mol. The van der Waals surface area contributed by atoms with Crippen LogP contribution in [-0.4, -0.2) is 47.6 Å². The molecule has 0 aliphatic carbocycles. The van der Waals surface area contributed by atoms with Crippen LogP contribution in [0.4, 0.5) is 0 Å². The molecule has 0 unspecified atom stereocenters. The zero-order chi connectivity index (χ0) is 13.9. The maximum Gasteiger partial charge on any atom is 0.240 e. The minimum Gasteiger partial charge on any atom is -0.335 e. The summed E-state index contributed by atoms with van der Waals surface area (Å²) in [4.78, 5) is 25.6. The molecule has 6 heteroatoms. The maximum atomic E-state index is 12.5. The van der Waals surface area contributed by atoms with E-state index >= 15 is 0 Å². The van der Waals surface area contributed by atoms with E-state index in [-0.39, 0.29) is 11.8 Å². The first-order chi connectivity index (χ1) is 9.74. The van der Waals surface area contributed by atoms with Crippen LogP contribution in [0.1, 0.15) is 44.9 Å². The number of carbonyl (C=O) groups excluding carboxylic acids is 2. The minimum atomic E-state index is -0.0308. The van der Waals surface area contributed by atoms with E-state index in [4.69, 9.17) is 0 Å². The van der Waals surface area contributed by atoms with Gasteiger partial charge in [-0.15, -0.1) is 0 Å². The summed E-state index contributed by atoms with van der Waals surface area (Å²) in [5.41, 5.74) is 3.43. The minimum absolute atomic E-state index is 0.0308. The Morgan fingerprint density at radius 1 is 1.25 bits per heavy atom. The number of amides is 2. The summed E-state index contributed by atoms with van der Waals surface area (Å²) in [7, 11) is 0. The molecule has 0 spiro atoms. The number of carbonyl (C=O) groups is 2. The smallest absolute Gasteiger partial charge is 0.240 e. The highest BCUT2D eigenvalue weighted by molar-refractivity contribution is 5.94. The first-order valence-corrected chi connectivity index (χ1v) is 7.60. The summed E-state index contributed by atoms with van der Waals surface area (Å²) in [6.45, 7) is 1.95. The molecule has 0 radical (unpaired) electrons. The second kappa shape index (κ2) is 5.91. The van der Waals surface area contributed by atoms with Gasteiger partial charge >= 0.3 is 0 Å². The van der Waals surface area contributed by atoms with Crippen molar-refractivity contribution in [3.8, 4) is 0 Å². The van der Waals surface area contributed by atoms with Crippen LogP contribution in [0.15, 0.2) is 5.10 Å². The van der Waals surface area contributed by atoms with Crippen LogP contribution in [0.2, 0.25) is 0 Å². The van der Waals surface area contributed by atoms with Crippen LogP contribution in [0.25, 0.3) is 0 Å². The van der Waals surface area contributed by atoms with Crippen molar-refractivity contribution in [3.05, 3.63) is 0 Å². The molecule has 20 heavy (non-hydrogen) atoms. The lowest BCUT2D eigenvalue weighted by molar-refractivity contribution is -0.133. The monoisotopic (exact) mass is 278 g/mol. The fourth-order valence-corrected chi connectivity index (χ4v) is 3.46. The van der Waals surface area contributed by atoms with Gasteiger partial charge in [-0.05, 0) is 38.6 Å². The van der Waals surface area contributed by atoms with E-state index in [9.17, 15) is 9.59 Å². The third-order valence-electron chi connectivity index (χ3n) is 4.55. The Labute approximate surface area is 119 Å². The number of hydrazone groups is 1. The fraction of sp³-hybridized carbons (Fsp3) is 0.786. The lowest BCUT2D eigenvalue weighted by atomic mass is 10.1. The molecule has 3 aliphatic heterocycles. The molecule has 0 aromatic carbocycles. The molecule has 3 heterocycles. The molecule has 3 rings (SSSR count). The number of rotatable bonds is 3. The van der Waals surface area contributed by atoms with Crippen LogP contribution in [0.3, 0.4) is 0 Å². The van der Waals surface area contributed by atoms with Gasteiger partial charge < -0.3 is 10.2 Å². The van der Waals surface area contributed by atoms with E-state index in [1.807, 2.05) is 0 Å². The molecule has 2 fully saturated rings. The molecule has 2 N–H and O–H groups in total. The van der Waals surface area contributed by atoms with Crippen molar-refractivity contribution in [1.29, 1.82) is 0 Å². The van der Waals surface area contributed by atoms with E-state index in [2.05, 4.69) is 20.7 Å². The molecule has 0 aromatic rings. The van der Waals surface area contributed by atoms with Crippen LogP contribution >= 0.6 is 0 Å². The van der Waals surface area contributed by atoms with Crippen molar-refractivity contribution in [1.82, 2.24) is 15.6 Å². The fourth-order valence-electron chi connectivity index (χ4n) is 3.46. The van der Waals surface area contributed by atoms with Gasteiger partial charge in [0.2, 0.25) is 11.8 Å². The highest BCUT2D eigenvalue weighted by atomic mass is 16.2. The standard InChI is InChI=1S/C14H22N4O2/c19-13-5-1-10(16-17-13)2-6-14(20)18-11-3-4-12(18)9-15-8-7-11/h11-12,15H,1-9H2,(H,17,19)/t11-,12+/m0/s1. The van der Waals surface area contributed by atoms with Gasteiger partial charge in [0.25, 0.3) is 0 Å². The third kappa shape index (κ3) is 2.85. The first kappa shape index (κ1) is 13.5. The predicted octanol–water partition coefficient (Wildman–Crippen LogP) is 0.386. The molecule has 0 saturated carbocycles. The van der Waals surface area contributed by atoms with E-state index in [0.717, 1.165) is 38.1 Å². The molecule has 0 aromatic heterocycles. The largest absolute Gasteiger partial charge is 0.335 e. The Hall–Kier alpha value is -1.43. The average Bonchev–Trinajstić information content (AvgIpc) is 2.71. The second-order valence-electron chi connectivity index (χ2n) is 5.89. The summed E-state index contributed by atoms with van der Waals surface area (Å²) in [6.07, 6.45) is 5.71. The molecular formula is C14H22N4O2. The van der Waals surface area contributed by atoms with Crippen LogP contribution in [0.5, 0.6) is 0 Å². The van der Waals surface area contributed by atoms with E-state index in [0.29, 0.717) is 37.8 Å². The van der Waals surface area contributed by atoms with Gasteiger partial charge in [0.1, 0.15) is 0 Å². The number of hydrogen-bond donors (Lipinski definition) is 2. The number of nitrogens with zero attached hydrogens (tertiary/aromatic N) is 2. The van der Waals surface area contributed by atoms with Crippen LogP contribution in [-0.2, 0) is 9.59 Å². The molecule has 2 atom stereocenters. The summed E-state index contributed by atoms with van der Waals surface area (Å²) in [5, 5.41) is 7.44. The molecule has 6 nitrogen and oxygen atoms in total. The van der Waals surface area contributed by atoms with Gasteiger partial charge in [-0.3, -0.25) is 9.59 Å². The molecule has 2 amide bonds. The Bertz CT molecular complexity index is 421. The number of hydrogen-bond acceptors (Lipinski definition) is 4. The van der Waals surface area contributed by atoms with Gasteiger partial charge in [-0.1, -0.05) is 0 Å². The molecule has 110 valence electrons. The van der Waals surface area contributed by atoms with Gasteiger partial charge in [-0.25, -0.2) is 5.43 Å². The Kier molecular flexibility index (Phi) is 4.00. The maximum absolute atomic E-state index is 12.5. The highest BCUT2D eigenvalue weighted by Gasteiger charge is 2.37. The van der Waals surface area contributed by atoms with Crippen molar-refractivity contribution >= 4 is 17.5 Å². The lowest BCUT2D eigenvalue weighted by Gasteiger charge is -2.28. The lowest BCUT2D eigenvalue weighted by Crippen LogP contribution is -2.42. The Balaban J connectivity index is 1.55. The second-order valence-corrected chi connectivity index (χ2v) is 5.89. The number of fused-ring (bicyclic) bond motifs is 2. The van der Waals surface area contributed by atoms with Crippen molar-refractivity contribution in [2.75, 3.05) is 13.1 Å². The third-order valence-corrected chi connectivity index (χ3v) is 4.55. The molecular weight excluding hydrogens is 256 g/mol. The van der Waals surface area contributed by atoms with Crippen molar-refractivity contribution < 1.29 is 9.59 Å². The topological polar surface area (TPSA) is 73.8 Å². The van der Waals surface area contributed by atoms with Crippen molar-refractivity contribution in [2.45, 2.75) is 57.0 Å². The highest BCUT2D eigenvalue weighted by Crippen LogP contribution is 2.28. The summed E-state index contributed by atoms with van der Waals surface area (Å²) >= 11 is 0. The summed E-state index contributed by atoms with van der Waals surface area (Å²) in [5.74, 6) is 0.220. The molecule has 3 aliphatic rings. The summed E-state index contributed by atoms with van der Waals surface area (Å²) in [6, 6.07) is 0.804. The Morgan fingerprint density at radius 3 is 2.90 bits per heavy atom. The normalized spacial score (nSPS) is 29.7. The van der Waals surface area contributed by atoms with E-state index < -0.39 is 0 Å². The zero-order valence-electron chi connectivity index (χ0n) is 11.7. The quantitative estimate of drug-likeness (QED) is 0.784. The van der Waals surface area contributed by atoms with Gasteiger partial charge in [-0.2, -0.15) is 5.10 Å².